The van der Waals surface area contributed by atoms with Gasteiger partial charge in [-0.25, -0.2) is 4.79 Å². The number of amides is 2. The van der Waals surface area contributed by atoms with Crippen LogP contribution in [0.2, 0.25) is 0 Å². The number of hydrogen-bond acceptors (Lipinski definition) is 2. The van der Waals surface area contributed by atoms with Crippen LogP contribution >= 0.6 is 24.0 Å². The summed E-state index contributed by atoms with van der Waals surface area (Å²) >= 11 is 0. The lowest BCUT2D eigenvalue weighted by Gasteiger charge is -2.33. The molecule has 0 unspecified atom stereocenters. The smallest absolute Gasteiger partial charge is 0.314 e. The Bertz CT molecular complexity index is 610. The zero-order valence-electron chi connectivity index (χ0n) is 17.4. The predicted molar refractivity (Wildman–Crippen MR) is 127 cm³/mol. The van der Waals surface area contributed by atoms with Gasteiger partial charge in [-0.1, -0.05) is 44.2 Å². The van der Waals surface area contributed by atoms with Crippen LogP contribution < -0.4 is 16.4 Å². The summed E-state index contributed by atoms with van der Waals surface area (Å²) in [5.41, 5.74) is 6.78. The van der Waals surface area contributed by atoms with Crippen molar-refractivity contribution in [2.45, 2.75) is 57.9 Å². The highest BCUT2D eigenvalue weighted by atomic mass is 127. The molecule has 7 heteroatoms. The standard InChI is InChI=1S/C21H35N5O.HI/c1-4-21(5-2,17-10-8-7-9-11-17)16-24-20(23-6-3)25-18-12-14-26(15-13-18)19(22)27;/h7-11,18H,4-6,12-16H2,1-3H3,(H2,22,27)(H2,23,24,25);1H. The van der Waals surface area contributed by atoms with Gasteiger partial charge in [0.25, 0.3) is 0 Å². The van der Waals surface area contributed by atoms with Gasteiger partial charge in [-0.2, -0.15) is 0 Å². The number of carbonyl (C=O) groups excluding carboxylic acids is 1. The monoisotopic (exact) mass is 501 g/mol. The van der Waals surface area contributed by atoms with E-state index in [2.05, 4.69) is 61.7 Å². The van der Waals surface area contributed by atoms with Gasteiger partial charge < -0.3 is 21.3 Å². The Hall–Kier alpha value is -1.51. The Morgan fingerprint density at radius 3 is 2.29 bits per heavy atom. The Balaban J connectivity index is 0.00000392. The summed E-state index contributed by atoms with van der Waals surface area (Å²) in [7, 11) is 0. The number of guanidine groups is 1. The highest BCUT2D eigenvalue weighted by Gasteiger charge is 2.28. The third-order valence-electron chi connectivity index (χ3n) is 5.77. The number of piperidine rings is 1. The van der Waals surface area contributed by atoms with Crippen LogP contribution in [0.5, 0.6) is 0 Å². The normalized spacial score (nSPS) is 15.7. The molecule has 0 saturated carbocycles. The summed E-state index contributed by atoms with van der Waals surface area (Å²) in [6.07, 6.45) is 3.87. The largest absolute Gasteiger partial charge is 0.357 e. The van der Waals surface area contributed by atoms with Crippen LogP contribution in [0.25, 0.3) is 0 Å². The Kier molecular flexibility index (Phi) is 10.6. The van der Waals surface area contributed by atoms with E-state index < -0.39 is 0 Å². The van der Waals surface area contributed by atoms with E-state index in [9.17, 15) is 4.79 Å². The molecule has 1 aliphatic rings. The summed E-state index contributed by atoms with van der Waals surface area (Å²) in [6.45, 7) is 9.53. The van der Waals surface area contributed by atoms with Crippen molar-refractivity contribution in [3.05, 3.63) is 35.9 Å². The summed E-state index contributed by atoms with van der Waals surface area (Å²) in [5, 5.41) is 6.92. The van der Waals surface area contributed by atoms with Gasteiger partial charge in [0.05, 0.1) is 6.54 Å². The van der Waals surface area contributed by atoms with Crippen LogP contribution in [-0.4, -0.2) is 49.1 Å². The lowest BCUT2D eigenvalue weighted by Crippen LogP contribution is -2.51. The fraction of sp³-hybridized carbons (Fsp3) is 0.619. The highest BCUT2D eigenvalue weighted by molar-refractivity contribution is 14.0. The number of hydrogen-bond donors (Lipinski definition) is 3. The molecule has 1 fully saturated rings. The molecule has 4 N–H and O–H groups in total. The molecule has 0 aromatic heterocycles. The van der Waals surface area contributed by atoms with Gasteiger partial charge in [-0.05, 0) is 38.2 Å². The highest BCUT2D eigenvalue weighted by Crippen LogP contribution is 2.32. The third kappa shape index (κ3) is 6.53. The molecule has 1 saturated heterocycles. The first-order chi connectivity index (χ1) is 13.0. The minimum Gasteiger partial charge on any atom is -0.357 e. The fourth-order valence-corrected chi connectivity index (χ4v) is 3.75. The molecule has 6 nitrogen and oxygen atoms in total. The molecule has 0 spiro atoms. The summed E-state index contributed by atoms with van der Waals surface area (Å²) in [6, 6.07) is 10.7. The number of likely N-dealkylation sites (tertiary alicyclic amines) is 1. The Morgan fingerprint density at radius 1 is 1.18 bits per heavy atom. The number of halogens is 1. The molecule has 158 valence electrons. The zero-order valence-corrected chi connectivity index (χ0v) is 19.7. The van der Waals surface area contributed by atoms with Crippen molar-refractivity contribution in [3.8, 4) is 0 Å². The van der Waals surface area contributed by atoms with Crippen LogP contribution in [-0.2, 0) is 5.41 Å². The molecule has 1 aromatic carbocycles. The van der Waals surface area contributed by atoms with Crippen LogP contribution in [0.1, 0.15) is 52.0 Å². The molecule has 0 atom stereocenters. The van der Waals surface area contributed by atoms with Crippen LogP contribution in [0.4, 0.5) is 4.79 Å². The average Bonchev–Trinajstić information content (AvgIpc) is 2.70. The van der Waals surface area contributed by atoms with Crippen molar-refractivity contribution in [2.75, 3.05) is 26.2 Å². The van der Waals surface area contributed by atoms with Crippen LogP contribution in [0.3, 0.4) is 0 Å². The number of nitrogens with one attached hydrogen (secondary N) is 2. The maximum atomic E-state index is 11.3. The SMILES string of the molecule is CCNC(=NCC(CC)(CC)c1ccccc1)NC1CCN(C(N)=O)CC1.I. The average molecular weight is 501 g/mol. The second-order valence-electron chi connectivity index (χ2n) is 7.29. The molecule has 1 heterocycles. The van der Waals surface area contributed by atoms with Gasteiger partial charge in [-0.15, -0.1) is 24.0 Å². The number of nitrogens with two attached hydrogens (primary N) is 1. The molecule has 1 aromatic rings. The van der Waals surface area contributed by atoms with Crippen molar-refractivity contribution in [1.29, 1.82) is 0 Å². The second kappa shape index (κ2) is 12.1. The van der Waals surface area contributed by atoms with E-state index in [1.54, 1.807) is 4.90 Å². The first-order valence-electron chi connectivity index (χ1n) is 10.2. The van der Waals surface area contributed by atoms with Crippen molar-refractivity contribution in [3.63, 3.8) is 0 Å². The van der Waals surface area contributed by atoms with E-state index >= 15 is 0 Å². The van der Waals surface area contributed by atoms with Gasteiger partial charge in [0.1, 0.15) is 0 Å². The van der Waals surface area contributed by atoms with Crippen molar-refractivity contribution in [2.24, 2.45) is 10.7 Å². The van der Waals surface area contributed by atoms with E-state index in [1.165, 1.54) is 5.56 Å². The number of benzene rings is 1. The summed E-state index contributed by atoms with van der Waals surface area (Å²) in [5.74, 6) is 0.859. The molecule has 0 bridgehead atoms. The van der Waals surface area contributed by atoms with E-state index in [-0.39, 0.29) is 35.4 Å². The summed E-state index contributed by atoms with van der Waals surface area (Å²) in [4.78, 5) is 17.9. The van der Waals surface area contributed by atoms with Gasteiger partial charge in [0.15, 0.2) is 5.96 Å². The number of rotatable bonds is 7. The van der Waals surface area contributed by atoms with Gasteiger partial charge in [0.2, 0.25) is 0 Å². The number of carbonyl (C=O) groups is 1. The lowest BCUT2D eigenvalue weighted by molar-refractivity contribution is 0.188. The van der Waals surface area contributed by atoms with Crippen LogP contribution in [0, 0.1) is 0 Å². The molecular weight excluding hydrogens is 465 g/mol. The summed E-state index contributed by atoms with van der Waals surface area (Å²) < 4.78 is 0. The molecular formula is C21H36IN5O. The fourth-order valence-electron chi connectivity index (χ4n) is 3.75. The quantitative estimate of drug-likeness (QED) is 0.304. The third-order valence-corrected chi connectivity index (χ3v) is 5.77. The first kappa shape index (κ1) is 24.5. The number of urea groups is 1. The lowest BCUT2D eigenvalue weighted by atomic mass is 9.76. The molecule has 0 radical (unpaired) electrons. The second-order valence-corrected chi connectivity index (χ2v) is 7.29. The van der Waals surface area contributed by atoms with Gasteiger partial charge in [0, 0.05) is 31.1 Å². The number of aliphatic imine (C=N–C) groups is 1. The first-order valence-corrected chi connectivity index (χ1v) is 10.2. The molecule has 2 amide bonds. The maximum absolute atomic E-state index is 11.3. The number of primary amides is 1. The minimum atomic E-state index is -0.326. The Labute approximate surface area is 186 Å². The van der Waals surface area contributed by atoms with Crippen molar-refractivity contribution < 1.29 is 4.79 Å². The van der Waals surface area contributed by atoms with Crippen LogP contribution in [0.15, 0.2) is 35.3 Å². The topological polar surface area (TPSA) is 82.8 Å². The van der Waals surface area contributed by atoms with Crippen molar-refractivity contribution >= 4 is 36.0 Å². The molecule has 2 rings (SSSR count). The molecule has 28 heavy (non-hydrogen) atoms. The van der Waals surface area contributed by atoms with E-state index in [0.717, 1.165) is 44.7 Å². The van der Waals surface area contributed by atoms with E-state index in [0.29, 0.717) is 19.1 Å². The van der Waals surface area contributed by atoms with Crippen molar-refractivity contribution in [1.82, 2.24) is 15.5 Å². The molecule has 0 aliphatic carbocycles. The zero-order chi connectivity index (χ0) is 19.7. The maximum Gasteiger partial charge on any atom is 0.314 e. The van der Waals surface area contributed by atoms with E-state index in [4.69, 9.17) is 10.7 Å². The molecule has 1 aliphatic heterocycles. The van der Waals surface area contributed by atoms with E-state index in [1.807, 2.05) is 0 Å². The minimum absolute atomic E-state index is 0. The van der Waals surface area contributed by atoms with Gasteiger partial charge in [-0.3, -0.25) is 4.99 Å². The number of nitrogens with zero attached hydrogens (tertiary/aromatic N) is 2. The predicted octanol–water partition coefficient (Wildman–Crippen LogP) is 3.46. The van der Waals surface area contributed by atoms with Gasteiger partial charge >= 0.3 is 6.03 Å². The Morgan fingerprint density at radius 2 is 1.79 bits per heavy atom.